The number of nitrogens with one attached hydrogen (secondary N) is 1. The summed E-state index contributed by atoms with van der Waals surface area (Å²) in [5.74, 6) is 1.13. The van der Waals surface area contributed by atoms with Crippen LogP contribution in [0.15, 0.2) is 16.5 Å². The smallest absolute Gasteiger partial charge is 0.287 e. The Balaban J connectivity index is 1.47. The molecule has 5 nitrogen and oxygen atoms in total. The van der Waals surface area contributed by atoms with E-state index >= 15 is 0 Å². The van der Waals surface area contributed by atoms with Gasteiger partial charge >= 0.3 is 0 Å². The Kier molecular flexibility index (Phi) is 4.93. The van der Waals surface area contributed by atoms with Gasteiger partial charge in [0, 0.05) is 13.2 Å². The van der Waals surface area contributed by atoms with Gasteiger partial charge in [0.2, 0.25) is 0 Å². The highest BCUT2D eigenvalue weighted by molar-refractivity contribution is 5.91. The summed E-state index contributed by atoms with van der Waals surface area (Å²) >= 11 is 0. The molecule has 1 amide bonds. The average molecular weight is 292 g/mol. The molecule has 2 aliphatic rings. The molecular weight excluding hydrogens is 268 g/mol. The van der Waals surface area contributed by atoms with E-state index in [-0.39, 0.29) is 12.0 Å². The first-order valence-corrected chi connectivity index (χ1v) is 8.02. The van der Waals surface area contributed by atoms with E-state index in [4.69, 9.17) is 9.15 Å². The first-order chi connectivity index (χ1) is 10.3. The molecule has 0 unspecified atom stereocenters. The van der Waals surface area contributed by atoms with Crippen LogP contribution in [-0.2, 0) is 11.3 Å². The van der Waals surface area contributed by atoms with Crippen molar-refractivity contribution in [1.82, 2.24) is 10.2 Å². The molecule has 5 heteroatoms. The van der Waals surface area contributed by atoms with Gasteiger partial charge in [-0.05, 0) is 50.9 Å². The lowest BCUT2D eigenvalue weighted by Crippen LogP contribution is -2.31. The minimum atomic E-state index is -0.143. The van der Waals surface area contributed by atoms with Crippen LogP contribution in [0.5, 0.6) is 0 Å². The molecule has 0 spiro atoms. The van der Waals surface area contributed by atoms with Crippen LogP contribution in [0.25, 0.3) is 0 Å². The summed E-state index contributed by atoms with van der Waals surface area (Å²) in [7, 11) is 0. The van der Waals surface area contributed by atoms with E-state index in [0.29, 0.717) is 12.3 Å². The van der Waals surface area contributed by atoms with Crippen LogP contribution in [0.3, 0.4) is 0 Å². The molecule has 2 saturated heterocycles. The maximum absolute atomic E-state index is 12.0. The lowest BCUT2D eigenvalue weighted by molar-refractivity contribution is 0.0831. The lowest BCUT2D eigenvalue weighted by Gasteiger charge is -2.25. The monoisotopic (exact) mass is 292 g/mol. The minimum Gasteiger partial charge on any atom is -0.455 e. The van der Waals surface area contributed by atoms with E-state index in [1.165, 1.54) is 19.3 Å². The van der Waals surface area contributed by atoms with Gasteiger partial charge in [0.05, 0.1) is 12.6 Å². The topological polar surface area (TPSA) is 54.7 Å². The molecule has 0 saturated carbocycles. The summed E-state index contributed by atoms with van der Waals surface area (Å²) < 4.78 is 11.2. The van der Waals surface area contributed by atoms with Crippen molar-refractivity contribution in [3.8, 4) is 0 Å². The summed E-state index contributed by atoms with van der Waals surface area (Å²) in [5.41, 5.74) is 0. The number of nitrogens with zero attached hydrogens (tertiary/aromatic N) is 1. The predicted molar refractivity (Wildman–Crippen MR) is 79.1 cm³/mol. The van der Waals surface area contributed by atoms with Gasteiger partial charge in [-0.2, -0.15) is 0 Å². The van der Waals surface area contributed by atoms with Gasteiger partial charge < -0.3 is 14.5 Å². The van der Waals surface area contributed by atoms with Gasteiger partial charge in [0.25, 0.3) is 5.91 Å². The first kappa shape index (κ1) is 14.6. The minimum absolute atomic E-state index is 0.143. The second-order valence-corrected chi connectivity index (χ2v) is 5.95. The van der Waals surface area contributed by atoms with E-state index in [2.05, 4.69) is 10.2 Å². The lowest BCUT2D eigenvalue weighted by atomic mass is 10.1. The van der Waals surface area contributed by atoms with Crippen LogP contribution in [-0.4, -0.2) is 43.2 Å². The number of carbonyl (C=O) groups excluding carboxylic acids is 1. The summed E-state index contributed by atoms with van der Waals surface area (Å²) in [6.45, 7) is 4.43. The SMILES string of the molecule is O=C(NC[C@H]1CCCO1)c1ccc(CN2CCCCC2)o1. The Morgan fingerprint density at radius 2 is 2.10 bits per heavy atom. The number of ether oxygens (including phenoxy) is 1. The molecule has 0 aliphatic carbocycles. The molecule has 2 aliphatic heterocycles. The quantitative estimate of drug-likeness (QED) is 0.903. The Morgan fingerprint density at radius 3 is 2.86 bits per heavy atom. The highest BCUT2D eigenvalue weighted by Gasteiger charge is 2.19. The van der Waals surface area contributed by atoms with Crippen molar-refractivity contribution in [2.75, 3.05) is 26.2 Å². The van der Waals surface area contributed by atoms with Crippen LogP contribution >= 0.6 is 0 Å². The molecule has 3 rings (SSSR count). The molecule has 1 atom stereocenters. The molecule has 116 valence electrons. The van der Waals surface area contributed by atoms with E-state index in [1.54, 1.807) is 6.07 Å². The standard InChI is InChI=1S/C16H24N2O3/c19-16(17-11-13-5-4-10-20-13)15-7-6-14(21-15)12-18-8-2-1-3-9-18/h6-7,13H,1-5,8-12H2,(H,17,19)/t13-/m1/s1. The van der Waals surface area contributed by atoms with Crippen LogP contribution in [0, 0.1) is 0 Å². The van der Waals surface area contributed by atoms with Gasteiger partial charge in [-0.1, -0.05) is 6.42 Å². The molecule has 1 aromatic rings. The fourth-order valence-electron chi connectivity index (χ4n) is 3.02. The fraction of sp³-hybridized carbons (Fsp3) is 0.688. The number of amides is 1. The Bertz CT molecular complexity index is 460. The van der Waals surface area contributed by atoms with Gasteiger partial charge in [0.15, 0.2) is 5.76 Å². The molecule has 0 bridgehead atoms. The summed E-state index contributed by atoms with van der Waals surface area (Å²) in [4.78, 5) is 14.4. The maximum atomic E-state index is 12.0. The van der Waals surface area contributed by atoms with Crippen molar-refractivity contribution >= 4 is 5.91 Å². The number of piperidine rings is 1. The molecule has 21 heavy (non-hydrogen) atoms. The third-order valence-corrected chi connectivity index (χ3v) is 4.23. The molecule has 1 N–H and O–H groups in total. The number of furan rings is 1. The highest BCUT2D eigenvalue weighted by atomic mass is 16.5. The zero-order chi connectivity index (χ0) is 14.5. The third kappa shape index (κ3) is 4.08. The molecule has 0 radical (unpaired) electrons. The van der Waals surface area contributed by atoms with Gasteiger partial charge in [0.1, 0.15) is 5.76 Å². The van der Waals surface area contributed by atoms with Crippen LogP contribution in [0.4, 0.5) is 0 Å². The second kappa shape index (κ2) is 7.09. The van der Waals surface area contributed by atoms with Crippen LogP contribution in [0.1, 0.15) is 48.4 Å². The van der Waals surface area contributed by atoms with Crippen LogP contribution < -0.4 is 5.32 Å². The van der Waals surface area contributed by atoms with Crippen molar-refractivity contribution < 1.29 is 13.9 Å². The highest BCUT2D eigenvalue weighted by Crippen LogP contribution is 2.15. The molecule has 3 heterocycles. The molecule has 1 aromatic heterocycles. The van der Waals surface area contributed by atoms with E-state index < -0.39 is 0 Å². The Hall–Kier alpha value is -1.33. The van der Waals surface area contributed by atoms with Gasteiger partial charge in [-0.25, -0.2) is 0 Å². The first-order valence-electron chi connectivity index (χ1n) is 8.02. The number of carbonyl (C=O) groups is 1. The molecule has 0 aromatic carbocycles. The number of hydrogen-bond acceptors (Lipinski definition) is 4. The summed E-state index contributed by atoms with van der Waals surface area (Å²) in [6, 6.07) is 3.68. The number of rotatable bonds is 5. The van der Waals surface area contributed by atoms with Crippen molar-refractivity contribution in [1.29, 1.82) is 0 Å². The van der Waals surface area contributed by atoms with Crippen LogP contribution in [0.2, 0.25) is 0 Å². The van der Waals surface area contributed by atoms with Crippen molar-refractivity contribution in [3.63, 3.8) is 0 Å². The van der Waals surface area contributed by atoms with E-state index in [9.17, 15) is 4.79 Å². The largest absolute Gasteiger partial charge is 0.455 e. The Morgan fingerprint density at radius 1 is 1.24 bits per heavy atom. The Labute approximate surface area is 125 Å². The van der Waals surface area contributed by atoms with Gasteiger partial charge in [-0.15, -0.1) is 0 Å². The second-order valence-electron chi connectivity index (χ2n) is 5.95. The number of likely N-dealkylation sites (tertiary alicyclic amines) is 1. The van der Waals surface area contributed by atoms with Gasteiger partial charge in [-0.3, -0.25) is 9.69 Å². The van der Waals surface area contributed by atoms with Crippen molar-refractivity contribution in [2.24, 2.45) is 0 Å². The van der Waals surface area contributed by atoms with E-state index in [0.717, 1.165) is 44.8 Å². The zero-order valence-electron chi connectivity index (χ0n) is 12.5. The maximum Gasteiger partial charge on any atom is 0.287 e. The zero-order valence-corrected chi connectivity index (χ0v) is 12.5. The molecular formula is C16H24N2O3. The van der Waals surface area contributed by atoms with E-state index in [1.807, 2.05) is 6.07 Å². The fourth-order valence-corrected chi connectivity index (χ4v) is 3.02. The average Bonchev–Trinajstić information content (AvgIpc) is 3.17. The summed E-state index contributed by atoms with van der Waals surface area (Å²) in [6.07, 6.45) is 6.12. The summed E-state index contributed by atoms with van der Waals surface area (Å²) in [5, 5.41) is 2.89. The number of hydrogen-bond donors (Lipinski definition) is 1. The normalized spacial score (nSPS) is 23.3. The van der Waals surface area contributed by atoms with Crippen molar-refractivity contribution in [2.45, 2.75) is 44.8 Å². The predicted octanol–water partition coefficient (Wildman–Crippen LogP) is 2.17. The third-order valence-electron chi connectivity index (χ3n) is 4.23. The molecule has 2 fully saturated rings. The van der Waals surface area contributed by atoms with Crippen molar-refractivity contribution in [3.05, 3.63) is 23.7 Å².